The summed E-state index contributed by atoms with van der Waals surface area (Å²) in [6.07, 6.45) is 0. The monoisotopic (exact) mass is 392 g/mol. The fourth-order valence-corrected chi connectivity index (χ4v) is 3.62. The second-order valence-electron chi connectivity index (χ2n) is 6.97. The Balaban J connectivity index is 1.58. The smallest absolute Gasteiger partial charge is 0.249 e. The first kappa shape index (κ1) is 19.1. The molecule has 0 bridgehead atoms. The lowest BCUT2D eigenvalue weighted by Crippen LogP contribution is -2.50. The van der Waals surface area contributed by atoms with E-state index in [4.69, 9.17) is 4.74 Å². The topological polar surface area (TPSA) is 85.2 Å². The summed E-state index contributed by atoms with van der Waals surface area (Å²) in [5.74, 6) is 1.24. The summed E-state index contributed by atoms with van der Waals surface area (Å²) in [6.45, 7) is 3.81. The van der Waals surface area contributed by atoms with Crippen LogP contribution in [0.15, 0.2) is 54.6 Å². The zero-order chi connectivity index (χ0) is 20.2. The minimum Gasteiger partial charge on any atom is -0.496 e. The van der Waals surface area contributed by atoms with Gasteiger partial charge in [-0.05, 0) is 18.2 Å². The molecule has 1 amide bonds. The first-order valence-electron chi connectivity index (χ1n) is 9.68. The van der Waals surface area contributed by atoms with E-state index in [9.17, 15) is 4.79 Å². The fraction of sp³-hybridized carbons (Fsp3) is 0.333. The molecule has 0 spiro atoms. The molecule has 3 aromatic rings. The molecule has 1 aromatic heterocycles. The van der Waals surface area contributed by atoms with Crippen LogP contribution in [-0.4, -0.2) is 57.8 Å². The van der Waals surface area contributed by atoms with Gasteiger partial charge in [0, 0.05) is 30.8 Å². The molecule has 1 saturated heterocycles. The number of tetrazole rings is 1. The fourth-order valence-electron chi connectivity index (χ4n) is 3.62. The van der Waals surface area contributed by atoms with Crippen molar-refractivity contribution in [3.63, 3.8) is 0 Å². The minimum absolute atomic E-state index is 0.0422. The summed E-state index contributed by atoms with van der Waals surface area (Å²) < 4.78 is 5.52. The molecule has 0 saturated carbocycles. The van der Waals surface area contributed by atoms with Crippen LogP contribution in [0.3, 0.4) is 0 Å². The van der Waals surface area contributed by atoms with Gasteiger partial charge in [0.15, 0.2) is 0 Å². The van der Waals surface area contributed by atoms with Gasteiger partial charge in [0.05, 0.1) is 13.2 Å². The van der Waals surface area contributed by atoms with Gasteiger partial charge in [-0.3, -0.25) is 4.79 Å². The summed E-state index contributed by atoms with van der Waals surface area (Å²) in [5.41, 5.74) is 1.85. The van der Waals surface area contributed by atoms with Crippen LogP contribution >= 0.6 is 0 Å². The molecular formula is C21H24N6O2. The summed E-state index contributed by atoms with van der Waals surface area (Å²) in [5, 5.41) is 16.1. The van der Waals surface area contributed by atoms with E-state index >= 15 is 0 Å². The van der Waals surface area contributed by atoms with Gasteiger partial charge in [0.2, 0.25) is 11.7 Å². The van der Waals surface area contributed by atoms with Crippen molar-refractivity contribution < 1.29 is 9.53 Å². The Kier molecular flexibility index (Phi) is 5.53. The van der Waals surface area contributed by atoms with Gasteiger partial charge in [-0.25, -0.2) is 0 Å². The zero-order valence-electron chi connectivity index (χ0n) is 16.5. The molecule has 2 unspecified atom stereocenters. The maximum atomic E-state index is 13.4. The quantitative estimate of drug-likeness (QED) is 0.716. The molecule has 4 rings (SSSR count). The number of hydrogen-bond acceptors (Lipinski definition) is 6. The molecule has 8 heteroatoms. The van der Waals surface area contributed by atoms with Crippen molar-refractivity contribution in [3.05, 3.63) is 60.2 Å². The van der Waals surface area contributed by atoms with Gasteiger partial charge in [0.25, 0.3) is 0 Å². The van der Waals surface area contributed by atoms with Gasteiger partial charge in [-0.15, -0.1) is 10.2 Å². The number of piperazine rings is 1. The lowest BCUT2D eigenvalue weighted by molar-refractivity contribution is -0.138. The summed E-state index contributed by atoms with van der Waals surface area (Å²) in [7, 11) is 1.65. The molecule has 1 N–H and O–H groups in total. The van der Waals surface area contributed by atoms with E-state index in [-0.39, 0.29) is 11.9 Å². The highest BCUT2D eigenvalue weighted by atomic mass is 16.5. The van der Waals surface area contributed by atoms with Crippen LogP contribution in [0.2, 0.25) is 0 Å². The van der Waals surface area contributed by atoms with E-state index in [1.807, 2.05) is 59.5 Å². The number of carbonyl (C=O) groups is 1. The van der Waals surface area contributed by atoms with Crippen molar-refractivity contribution >= 4 is 5.91 Å². The zero-order valence-corrected chi connectivity index (χ0v) is 16.5. The lowest BCUT2D eigenvalue weighted by Gasteiger charge is -2.38. The Morgan fingerprint density at radius 1 is 1.17 bits per heavy atom. The van der Waals surface area contributed by atoms with Crippen LogP contribution in [0.5, 0.6) is 5.75 Å². The molecular weight excluding hydrogens is 368 g/mol. The average Bonchev–Trinajstić information content (AvgIpc) is 3.29. The number of carbonyl (C=O) groups excluding carboxylic acids is 1. The molecule has 2 atom stereocenters. The Morgan fingerprint density at radius 2 is 1.93 bits per heavy atom. The number of nitrogens with one attached hydrogen (secondary N) is 1. The molecule has 150 valence electrons. The largest absolute Gasteiger partial charge is 0.496 e. The number of hydrogen-bond donors (Lipinski definition) is 1. The van der Waals surface area contributed by atoms with Crippen LogP contribution in [-0.2, 0) is 4.79 Å². The van der Waals surface area contributed by atoms with Crippen LogP contribution in [0.25, 0.3) is 11.4 Å². The third-order valence-electron chi connectivity index (χ3n) is 5.19. The molecule has 0 aliphatic carbocycles. The Bertz CT molecular complexity index is 974. The average molecular weight is 392 g/mol. The minimum atomic E-state index is -0.560. The van der Waals surface area contributed by atoms with Crippen LogP contribution in [0.1, 0.15) is 24.6 Å². The molecule has 1 fully saturated rings. The first-order chi connectivity index (χ1) is 14.2. The maximum absolute atomic E-state index is 13.4. The summed E-state index contributed by atoms with van der Waals surface area (Å²) in [6, 6.07) is 16.7. The van der Waals surface area contributed by atoms with E-state index < -0.39 is 6.04 Å². The van der Waals surface area contributed by atoms with Gasteiger partial charge in [-0.1, -0.05) is 48.5 Å². The third-order valence-corrected chi connectivity index (χ3v) is 5.19. The first-order valence-corrected chi connectivity index (χ1v) is 9.68. The van der Waals surface area contributed by atoms with E-state index in [0.29, 0.717) is 18.9 Å². The summed E-state index contributed by atoms with van der Waals surface area (Å²) in [4.78, 5) is 16.6. The van der Waals surface area contributed by atoms with Crippen molar-refractivity contribution in [1.29, 1.82) is 0 Å². The highest BCUT2D eigenvalue weighted by molar-refractivity contribution is 5.80. The summed E-state index contributed by atoms with van der Waals surface area (Å²) >= 11 is 0. The van der Waals surface area contributed by atoms with Crippen LogP contribution in [0, 0.1) is 0 Å². The highest BCUT2D eigenvalue weighted by Gasteiger charge is 2.33. The number of amides is 1. The second-order valence-corrected chi connectivity index (χ2v) is 6.97. The number of para-hydroxylation sites is 1. The number of benzene rings is 2. The Labute approximate surface area is 169 Å². The van der Waals surface area contributed by atoms with Crippen LogP contribution < -0.4 is 10.1 Å². The van der Waals surface area contributed by atoms with Crippen molar-refractivity contribution in [3.8, 4) is 17.1 Å². The van der Waals surface area contributed by atoms with Gasteiger partial charge in [-0.2, -0.15) is 4.80 Å². The molecule has 2 heterocycles. The molecule has 29 heavy (non-hydrogen) atoms. The molecule has 2 aromatic carbocycles. The van der Waals surface area contributed by atoms with E-state index in [2.05, 4.69) is 20.7 Å². The molecule has 8 nitrogen and oxygen atoms in total. The van der Waals surface area contributed by atoms with Gasteiger partial charge in [0.1, 0.15) is 11.8 Å². The van der Waals surface area contributed by atoms with Crippen LogP contribution in [0.4, 0.5) is 0 Å². The molecule has 1 aliphatic heterocycles. The number of rotatable bonds is 5. The van der Waals surface area contributed by atoms with E-state index in [1.54, 1.807) is 14.0 Å². The molecule has 0 radical (unpaired) electrons. The van der Waals surface area contributed by atoms with Gasteiger partial charge >= 0.3 is 0 Å². The maximum Gasteiger partial charge on any atom is 0.249 e. The number of aromatic nitrogens is 4. The highest BCUT2D eigenvalue weighted by Crippen LogP contribution is 2.31. The number of nitrogens with zero attached hydrogens (tertiary/aromatic N) is 5. The Morgan fingerprint density at radius 3 is 2.72 bits per heavy atom. The third kappa shape index (κ3) is 3.84. The van der Waals surface area contributed by atoms with Gasteiger partial charge < -0.3 is 15.0 Å². The molecule has 1 aliphatic rings. The second kappa shape index (κ2) is 8.40. The normalized spacial score (nSPS) is 17.7. The predicted octanol–water partition coefficient (Wildman–Crippen LogP) is 2.08. The number of ether oxygens (including phenoxy) is 1. The standard InChI is InChI=1S/C21H24N6O2/c1-15(27-24-20(23-25-27)16-8-4-3-5-9-16)21(28)26-13-12-22-14-18(26)17-10-6-7-11-19(17)29-2/h3-11,15,18,22H,12-14H2,1-2H3. The van der Waals surface area contributed by atoms with Crippen molar-refractivity contribution in [2.24, 2.45) is 0 Å². The van der Waals surface area contributed by atoms with Crippen molar-refractivity contribution in [2.75, 3.05) is 26.7 Å². The Hall–Kier alpha value is -3.26. The lowest BCUT2D eigenvalue weighted by atomic mass is 10.0. The van der Waals surface area contributed by atoms with Crippen molar-refractivity contribution in [2.45, 2.75) is 19.0 Å². The van der Waals surface area contributed by atoms with Crippen molar-refractivity contribution in [1.82, 2.24) is 30.4 Å². The predicted molar refractivity (Wildman–Crippen MR) is 108 cm³/mol. The van der Waals surface area contributed by atoms with E-state index in [0.717, 1.165) is 23.4 Å². The SMILES string of the molecule is COc1ccccc1C1CNCCN1C(=O)C(C)n1nnc(-c2ccccc2)n1. The van der Waals surface area contributed by atoms with E-state index in [1.165, 1.54) is 4.80 Å². The number of methoxy groups -OCH3 is 1.